The first kappa shape index (κ1) is 19.1. The molecule has 29 heavy (non-hydrogen) atoms. The van der Waals surface area contributed by atoms with Gasteiger partial charge < -0.3 is 10.2 Å². The lowest BCUT2D eigenvalue weighted by molar-refractivity contribution is -0.125. The van der Waals surface area contributed by atoms with Crippen molar-refractivity contribution in [3.05, 3.63) is 65.5 Å². The Morgan fingerprint density at radius 2 is 1.86 bits per heavy atom. The first-order chi connectivity index (χ1) is 14.1. The number of aryl methyl sites for hydroxylation is 2. The molecule has 3 aromatic rings. The summed E-state index contributed by atoms with van der Waals surface area (Å²) in [5.74, 6) is 1.57. The molecule has 0 saturated carbocycles. The smallest absolute Gasteiger partial charge is 0.225 e. The van der Waals surface area contributed by atoms with Gasteiger partial charge in [-0.05, 0) is 50.5 Å². The number of nitrogens with zero attached hydrogens (tertiary/aromatic N) is 5. The summed E-state index contributed by atoms with van der Waals surface area (Å²) >= 11 is 0. The van der Waals surface area contributed by atoms with Gasteiger partial charge in [-0.3, -0.25) is 4.79 Å². The normalized spacial score (nSPS) is 16.6. The van der Waals surface area contributed by atoms with Crippen LogP contribution in [0.4, 0.5) is 5.82 Å². The molecule has 7 heteroatoms. The third-order valence-electron chi connectivity index (χ3n) is 5.29. The quantitative estimate of drug-likeness (QED) is 0.725. The van der Waals surface area contributed by atoms with Crippen molar-refractivity contribution >= 4 is 11.7 Å². The summed E-state index contributed by atoms with van der Waals surface area (Å²) in [4.78, 5) is 14.8. The number of carbonyl (C=O) groups excluding carboxylic acids is 1. The van der Waals surface area contributed by atoms with Crippen molar-refractivity contribution in [2.45, 2.75) is 33.2 Å². The molecule has 1 N–H and O–H groups in total. The van der Waals surface area contributed by atoms with Crippen LogP contribution < -0.4 is 10.2 Å². The Labute approximate surface area is 170 Å². The molecule has 0 aliphatic carbocycles. The van der Waals surface area contributed by atoms with Gasteiger partial charge in [0, 0.05) is 25.3 Å². The van der Waals surface area contributed by atoms with E-state index in [-0.39, 0.29) is 11.8 Å². The lowest BCUT2D eigenvalue weighted by Crippen LogP contribution is -2.43. The monoisotopic (exact) mass is 390 g/mol. The van der Waals surface area contributed by atoms with Crippen LogP contribution in [-0.4, -0.2) is 39.0 Å². The minimum Gasteiger partial charge on any atom is -0.354 e. The van der Waals surface area contributed by atoms with Crippen molar-refractivity contribution in [3.8, 4) is 5.82 Å². The number of hydrogen-bond donors (Lipinski definition) is 1. The molecule has 7 nitrogen and oxygen atoms in total. The van der Waals surface area contributed by atoms with Crippen LogP contribution in [0.5, 0.6) is 0 Å². The summed E-state index contributed by atoms with van der Waals surface area (Å²) in [7, 11) is 0. The Bertz CT molecular complexity index is 967. The fourth-order valence-electron chi connectivity index (χ4n) is 3.79. The zero-order valence-electron chi connectivity index (χ0n) is 16.9. The van der Waals surface area contributed by atoms with Crippen molar-refractivity contribution in [3.63, 3.8) is 0 Å². The summed E-state index contributed by atoms with van der Waals surface area (Å²) in [6.07, 6.45) is 1.86. The van der Waals surface area contributed by atoms with Gasteiger partial charge in [0.05, 0.1) is 11.6 Å². The van der Waals surface area contributed by atoms with E-state index in [2.05, 4.69) is 25.5 Å². The second kappa shape index (κ2) is 8.43. The lowest BCUT2D eigenvalue weighted by atomic mass is 9.97. The number of nitrogens with one attached hydrogen (secondary N) is 1. The van der Waals surface area contributed by atoms with Crippen LogP contribution in [0.3, 0.4) is 0 Å². The molecular formula is C22H26N6O. The molecule has 2 aromatic heterocycles. The fraction of sp³-hybridized carbons (Fsp3) is 0.364. The largest absolute Gasteiger partial charge is 0.354 e. The first-order valence-electron chi connectivity index (χ1n) is 10.0. The van der Waals surface area contributed by atoms with E-state index < -0.39 is 0 Å². The minimum atomic E-state index is -0.0371. The highest BCUT2D eigenvalue weighted by molar-refractivity contribution is 5.79. The van der Waals surface area contributed by atoms with Crippen molar-refractivity contribution in [2.75, 3.05) is 18.0 Å². The number of aromatic nitrogens is 4. The average molecular weight is 390 g/mol. The van der Waals surface area contributed by atoms with Crippen molar-refractivity contribution in [2.24, 2.45) is 5.92 Å². The topological polar surface area (TPSA) is 75.9 Å². The van der Waals surface area contributed by atoms with Gasteiger partial charge in [0.2, 0.25) is 5.91 Å². The van der Waals surface area contributed by atoms with Gasteiger partial charge >= 0.3 is 0 Å². The van der Waals surface area contributed by atoms with E-state index >= 15 is 0 Å². The number of amides is 1. The molecular weight excluding hydrogens is 364 g/mol. The van der Waals surface area contributed by atoms with E-state index in [0.717, 1.165) is 42.2 Å². The third kappa shape index (κ3) is 4.45. The van der Waals surface area contributed by atoms with Gasteiger partial charge in [-0.2, -0.15) is 5.10 Å². The number of benzene rings is 1. The SMILES string of the molecule is Cc1cc(C)n(-c2ccc(N3CCCC(C(=O)NCc4ccccc4)C3)nn2)n1. The Kier molecular flexibility index (Phi) is 5.55. The summed E-state index contributed by atoms with van der Waals surface area (Å²) in [5.41, 5.74) is 3.09. The molecule has 1 aliphatic rings. The molecule has 1 unspecified atom stereocenters. The van der Waals surface area contributed by atoms with Crippen molar-refractivity contribution < 1.29 is 4.79 Å². The highest BCUT2D eigenvalue weighted by Gasteiger charge is 2.26. The molecule has 1 aromatic carbocycles. The molecule has 0 bridgehead atoms. The number of hydrogen-bond acceptors (Lipinski definition) is 5. The predicted octanol–water partition coefficient (Wildman–Crippen LogP) is 2.81. The van der Waals surface area contributed by atoms with Gasteiger partial charge in [-0.1, -0.05) is 30.3 Å². The Hall–Kier alpha value is -3.22. The maximum absolute atomic E-state index is 12.6. The molecule has 0 radical (unpaired) electrons. The van der Waals surface area contributed by atoms with Gasteiger partial charge in [0.15, 0.2) is 11.6 Å². The van der Waals surface area contributed by atoms with Crippen molar-refractivity contribution in [1.29, 1.82) is 0 Å². The molecule has 1 saturated heterocycles. The Morgan fingerprint density at radius 1 is 1.10 bits per heavy atom. The third-order valence-corrected chi connectivity index (χ3v) is 5.29. The average Bonchev–Trinajstić information content (AvgIpc) is 3.11. The Morgan fingerprint density at radius 3 is 2.55 bits per heavy atom. The van der Waals surface area contributed by atoms with Crippen LogP contribution in [-0.2, 0) is 11.3 Å². The molecule has 3 heterocycles. The Balaban J connectivity index is 1.39. The molecule has 1 amide bonds. The van der Waals surface area contributed by atoms with Crippen LogP contribution in [0.2, 0.25) is 0 Å². The predicted molar refractivity (Wildman–Crippen MR) is 112 cm³/mol. The molecule has 150 valence electrons. The van der Waals surface area contributed by atoms with E-state index in [9.17, 15) is 4.79 Å². The van der Waals surface area contributed by atoms with E-state index in [4.69, 9.17) is 0 Å². The van der Waals surface area contributed by atoms with E-state index in [1.807, 2.05) is 62.4 Å². The summed E-state index contributed by atoms with van der Waals surface area (Å²) in [6, 6.07) is 15.9. The number of carbonyl (C=O) groups is 1. The van der Waals surface area contributed by atoms with E-state index in [1.54, 1.807) is 4.68 Å². The van der Waals surface area contributed by atoms with Crippen LogP contribution >= 0.6 is 0 Å². The molecule has 1 fully saturated rings. The molecule has 4 rings (SSSR count). The number of anilines is 1. The van der Waals surface area contributed by atoms with Gasteiger partial charge in [0.1, 0.15) is 0 Å². The highest BCUT2D eigenvalue weighted by atomic mass is 16.1. The maximum Gasteiger partial charge on any atom is 0.225 e. The highest BCUT2D eigenvalue weighted by Crippen LogP contribution is 2.22. The zero-order valence-corrected chi connectivity index (χ0v) is 16.9. The van der Waals surface area contributed by atoms with E-state index in [0.29, 0.717) is 18.9 Å². The summed E-state index contributed by atoms with van der Waals surface area (Å²) in [6.45, 7) is 6.07. The minimum absolute atomic E-state index is 0.0371. The molecule has 1 atom stereocenters. The summed E-state index contributed by atoms with van der Waals surface area (Å²) < 4.78 is 1.79. The van der Waals surface area contributed by atoms with Crippen LogP contribution in [0, 0.1) is 19.8 Å². The second-order valence-electron chi connectivity index (χ2n) is 7.58. The van der Waals surface area contributed by atoms with Crippen LogP contribution in [0.1, 0.15) is 29.8 Å². The molecule has 1 aliphatic heterocycles. The van der Waals surface area contributed by atoms with Gasteiger partial charge in [-0.15, -0.1) is 10.2 Å². The van der Waals surface area contributed by atoms with Crippen LogP contribution in [0.25, 0.3) is 5.82 Å². The second-order valence-corrected chi connectivity index (χ2v) is 7.58. The number of rotatable bonds is 5. The maximum atomic E-state index is 12.6. The zero-order chi connectivity index (χ0) is 20.2. The van der Waals surface area contributed by atoms with Gasteiger partial charge in [0.25, 0.3) is 0 Å². The van der Waals surface area contributed by atoms with Crippen molar-refractivity contribution in [1.82, 2.24) is 25.3 Å². The van der Waals surface area contributed by atoms with E-state index in [1.165, 1.54) is 0 Å². The van der Waals surface area contributed by atoms with Gasteiger partial charge in [-0.25, -0.2) is 4.68 Å². The van der Waals surface area contributed by atoms with Crippen LogP contribution in [0.15, 0.2) is 48.5 Å². The molecule has 0 spiro atoms. The first-order valence-corrected chi connectivity index (χ1v) is 10.0. The lowest BCUT2D eigenvalue weighted by Gasteiger charge is -2.32. The summed E-state index contributed by atoms with van der Waals surface area (Å²) in [5, 5.41) is 16.3. The number of piperidine rings is 1. The standard InChI is InChI=1S/C22H26N6O/c1-16-13-17(2)28(26-16)21-11-10-20(24-25-21)27-12-6-9-19(15-27)22(29)23-14-18-7-4-3-5-8-18/h3-5,7-8,10-11,13,19H,6,9,12,14-15H2,1-2H3,(H,23,29). The fourth-order valence-corrected chi connectivity index (χ4v) is 3.79.